The lowest BCUT2D eigenvalue weighted by molar-refractivity contribution is -0.138. The van der Waals surface area contributed by atoms with Gasteiger partial charge in [0.25, 0.3) is 5.91 Å². The Hall–Kier alpha value is -2.10. The number of benzene rings is 1. The molecule has 1 rings (SSSR count). The van der Waals surface area contributed by atoms with Gasteiger partial charge in [0.1, 0.15) is 6.61 Å². The molecule has 4 nitrogen and oxygen atoms in total. The van der Waals surface area contributed by atoms with Gasteiger partial charge in [-0.2, -0.15) is 0 Å². The van der Waals surface area contributed by atoms with E-state index in [-0.39, 0.29) is 19.1 Å². The third kappa shape index (κ3) is 4.95. The summed E-state index contributed by atoms with van der Waals surface area (Å²) < 4.78 is 4.87. The Morgan fingerprint density at radius 1 is 1.26 bits per heavy atom. The van der Waals surface area contributed by atoms with Crippen molar-refractivity contribution in [3.63, 3.8) is 0 Å². The van der Waals surface area contributed by atoms with Crippen LogP contribution in [0, 0.1) is 0 Å². The zero-order chi connectivity index (χ0) is 14.3. The van der Waals surface area contributed by atoms with Crippen LogP contribution < -0.4 is 5.32 Å². The third-order valence-corrected chi connectivity index (χ3v) is 2.59. The summed E-state index contributed by atoms with van der Waals surface area (Å²) in [6, 6.07) is 7.42. The van der Waals surface area contributed by atoms with E-state index < -0.39 is 5.97 Å². The zero-order valence-corrected chi connectivity index (χ0v) is 11.4. The molecule has 0 aliphatic heterocycles. The van der Waals surface area contributed by atoms with Crippen LogP contribution in [0.15, 0.2) is 36.4 Å². The average molecular weight is 261 g/mol. The summed E-state index contributed by atoms with van der Waals surface area (Å²) in [5.74, 6) is -0.615. The highest BCUT2D eigenvalue weighted by Crippen LogP contribution is 2.04. The smallest absolute Gasteiger partial charge is 0.333 e. The van der Waals surface area contributed by atoms with Crippen molar-refractivity contribution < 1.29 is 14.3 Å². The van der Waals surface area contributed by atoms with Crippen LogP contribution in [0.1, 0.15) is 29.8 Å². The van der Waals surface area contributed by atoms with Crippen LogP contribution in [0.4, 0.5) is 0 Å². The Balaban J connectivity index is 2.34. The van der Waals surface area contributed by atoms with Gasteiger partial charge in [-0.1, -0.05) is 25.6 Å². The Bertz CT molecular complexity index is 463. The molecule has 0 aliphatic rings. The molecule has 0 fully saturated rings. The molecule has 0 radical (unpaired) electrons. The number of rotatable bonds is 6. The van der Waals surface area contributed by atoms with E-state index in [9.17, 15) is 9.59 Å². The van der Waals surface area contributed by atoms with Gasteiger partial charge in [-0.25, -0.2) is 4.79 Å². The van der Waals surface area contributed by atoms with E-state index in [1.807, 2.05) is 12.1 Å². The number of nitrogens with one attached hydrogen (secondary N) is 1. The second-order valence-electron chi connectivity index (χ2n) is 4.22. The maximum absolute atomic E-state index is 11.8. The van der Waals surface area contributed by atoms with Gasteiger partial charge in [-0.05, 0) is 31.0 Å². The predicted octanol–water partition coefficient (Wildman–Crippen LogP) is 2.10. The van der Waals surface area contributed by atoms with Gasteiger partial charge in [0.15, 0.2) is 0 Å². The number of hydrogen-bond acceptors (Lipinski definition) is 3. The van der Waals surface area contributed by atoms with Crippen molar-refractivity contribution in [3.05, 3.63) is 47.5 Å². The van der Waals surface area contributed by atoms with Crippen LogP contribution >= 0.6 is 0 Å². The largest absolute Gasteiger partial charge is 0.460 e. The number of hydrogen-bond donors (Lipinski definition) is 1. The van der Waals surface area contributed by atoms with E-state index >= 15 is 0 Å². The summed E-state index contributed by atoms with van der Waals surface area (Å²) in [5, 5.41) is 2.68. The second-order valence-corrected chi connectivity index (χ2v) is 4.22. The molecule has 0 atom stereocenters. The first-order chi connectivity index (χ1) is 9.04. The fraction of sp³-hybridized carbons (Fsp3) is 0.333. The molecule has 0 heterocycles. The molecular formula is C15H19NO3. The summed E-state index contributed by atoms with van der Waals surface area (Å²) in [4.78, 5) is 22.8. The predicted molar refractivity (Wildman–Crippen MR) is 73.9 cm³/mol. The SMILES string of the molecule is C=C(C)C(=O)OCCNC(=O)c1ccc(CC)cc1. The lowest BCUT2D eigenvalue weighted by Crippen LogP contribution is -2.28. The van der Waals surface area contributed by atoms with Crippen LogP contribution in [-0.2, 0) is 16.0 Å². The van der Waals surface area contributed by atoms with Crippen molar-refractivity contribution in [3.8, 4) is 0 Å². The molecule has 0 unspecified atom stereocenters. The van der Waals surface area contributed by atoms with E-state index in [2.05, 4.69) is 18.8 Å². The summed E-state index contributed by atoms with van der Waals surface area (Å²) in [6.07, 6.45) is 0.943. The summed E-state index contributed by atoms with van der Waals surface area (Å²) in [5.41, 5.74) is 2.14. The van der Waals surface area contributed by atoms with Gasteiger partial charge >= 0.3 is 5.97 Å². The second kappa shape index (κ2) is 7.36. The van der Waals surface area contributed by atoms with Gasteiger partial charge in [-0.3, -0.25) is 4.79 Å². The van der Waals surface area contributed by atoms with Crippen molar-refractivity contribution in [2.24, 2.45) is 0 Å². The quantitative estimate of drug-likeness (QED) is 0.484. The first-order valence-electron chi connectivity index (χ1n) is 6.24. The lowest BCUT2D eigenvalue weighted by atomic mass is 10.1. The molecule has 0 saturated carbocycles. The van der Waals surface area contributed by atoms with Crippen molar-refractivity contribution in [2.75, 3.05) is 13.2 Å². The van der Waals surface area contributed by atoms with E-state index in [4.69, 9.17) is 4.74 Å². The van der Waals surface area contributed by atoms with E-state index in [1.165, 1.54) is 5.56 Å². The topological polar surface area (TPSA) is 55.4 Å². The standard InChI is InChI=1S/C15H19NO3/c1-4-12-5-7-13(8-6-12)14(17)16-9-10-19-15(18)11(2)3/h5-8H,2,4,9-10H2,1,3H3,(H,16,17). The number of aryl methyl sites for hydroxylation is 1. The van der Waals surface area contributed by atoms with Gasteiger partial charge in [0.05, 0.1) is 6.54 Å². The fourth-order valence-electron chi connectivity index (χ4n) is 1.43. The van der Waals surface area contributed by atoms with Crippen LogP contribution in [0.3, 0.4) is 0 Å². The molecule has 19 heavy (non-hydrogen) atoms. The highest BCUT2D eigenvalue weighted by atomic mass is 16.5. The van der Waals surface area contributed by atoms with E-state index in [0.717, 1.165) is 6.42 Å². The highest BCUT2D eigenvalue weighted by Gasteiger charge is 2.06. The van der Waals surface area contributed by atoms with Crippen molar-refractivity contribution in [2.45, 2.75) is 20.3 Å². The van der Waals surface area contributed by atoms with Gasteiger partial charge in [0, 0.05) is 11.1 Å². The number of carbonyl (C=O) groups is 2. The number of esters is 1. The Labute approximate surface area is 113 Å². The van der Waals surface area contributed by atoms with Crippen LogP contribution in [0.25, 0.3) is 0 Å². The maximum atomic E-state index is 11.8. The molecule has 1 aromatic rings. The molecule has 4 heteroatoms. The monoisotopic (exact) mass is 261 g/mol. The lowest BCUT2D eigenvalue weighted by Gasteiger charge is -2.07. The molecule has 0 saturated heterocycles. The van der Waals surface area contributed by atoms with Crippen LogP contribution in [-0.4, -0.2) is 25.0 Å². The first-order valence-corrected chi connectivity index (χ1v) is 6.24. The van der Waals surface area contributed by atoms with Crippen LogP contribution in [0.2, 0.25) is 0 Å². The molecule has 1 N–H and O–H groups in total. The normalized spacial score (nSPS) is 9.79. The minimum absolute atomic E-state index is 0.143. The minimum Gasteiger partial charge on any atom is -0.460 e. The van der Waals surface area contributed by atoms with Crippen LogP contribution in [0.5, 0.6) is 0 Å². The van der Waals surface area contributed by atoms with Crippen molar-refractivity contribution in [1.29, 1.82) is 0 Å². The molecule has 0 aliphatic carbocycles. The Morgan fingerprint density at radius 3 is 2.42 bits per heavy atom. The summed E-state index contributed by atoms with van der Waals surface area (Å²) >= 11 is 0. The number of amides is 1. The average Bonchev–Trinajstić information content (AvgIpc) is 2.43. The number of carbonyl (C=O) groups excluding carboxylic acids is 2. The zero-order valence-electron chi connectivity index (χ0n) is 11.4. The first kappa shape index (κ1) is 15.0. The Kier molecular flexibility index (Phi) is 5.79. The molecule has 0 spiro atoms. The highest BCUT2D eigenvalue weighted by molar-refractivity contribution is 5.94. The van der Waals surface area contributed by atoms with Gasteiger partial charge < -0.3 is 10.1 Å². The van der Waals surface area contributed by atoms with Gasteiger partial charge in [-0.15, -0.1) is 0 Å². The fourth-order valence-corrected chi connectivity index (χ4v) is 1.43. The molecule has 0 bridgehead atoms. The van der Waals surface area contributed by atoms with Gasteiger partial charge in [0.2, 0.25) is 0 Å². The van der Waals surface area contributed by atoms with Crippen molar-refractivity contribution in [1.82, 2.24) is 5.32 Å². The minimum atomic E-state index is -0.443. The molecule has 0 aromatic heterocycles. The number of ether oxygens (including phenoxy) is 1. The van der Waals surface area contributed by atoms with E-state index in [1.54, 1.807) is 19.1 Å². The van der Waals surface area contributed by atoms with E-state index in [0.29, 0.717) is 11.1 Å². The summed E-state index contributed by atoms with van der Waals surface area (Å²) in [6.45, 7) is 7.54. The van der Waals surface area contributed by atoms with Crippen molar-refractivity contribution >= 4 is 11.9 Å². The summed E-state index contributed by atoms with van der Waals surface area (Å²) in [7, 11) is 0. The maximum Gasteiger partial charge on any atom is 0.333 e. The molecule has 102 valence electrons. The Morgan fingerprint density at radius 2 is 1.89 bits per heavy atom. The molecule has 1 aromatic carbocycles. The third-order valence-electron chi connectivity index (χ3n) is 2.59. The molecule has 1 amide bonds. The molecular weight excluding hydrogens is 242 g/mol.